The van der Waals surface area contributed by atoms with E-state index in [1.165, 1.54) is 26.8 Å². The van der Waals surface area contributed by atoms with Crippen LogP contribution in [0.3, 0.4) is 0 Å². The van der Waals surface area contributed by atoms with Crippen LogP contribution in [-0.2, 0) is 24.8 Å². The van der Waals surface area contributed by atoms with Gasteiger partial charge in [-0.05, 0) is 48.9 Å². The molecule has 0 aliphatic carbocycles. The van der Waals surface area contributed by atoms with Gasteiger partial charge < -0.3 is 10.1 Å². The first kappa shape index (κ1) is 23.3. The van der Waals surface area contributed by atoms with Crippen LogP contribution in [0.2, 0.25) is 0 Å². The van der Waals surface area contributed by atoms with Gasteiger partial charge in [-0.1, -0.05) is 6.07 Å². The lowest BCUT2D eigenvalue weighted by molar-refractivity contribution is 0.0730. The Balaban J connectivity index is 1.60. The zero-order valence-electron chi connectivity index (χ0n) is 17.6. The van der Waals surface area contributed by atoms with E-state index >= 15 is 0 Å². The van der Waals surface area contributed by atoms with Crippen molar-refractivity contribution in [3.05, 3.63) is 40.1 Å². The molecular formula is C20H25N3O6S3. The number of sulfonamides is 2. The molecule has 0 saturated carbocycles. The molecule has 1 amide bonds. The Morgan fingerprint density at radius 1 is 0.969 bits per heavy atom. The first-order valence-electron chi connectivity index (χ1n) is 10.3. The first-order valence-corrected chi connectivity index (χ1v) is 14.0. The first-order chi connectivity index (χ1) is 15.2. The molecule has 1 N–H and O–H groups in total. The second kappa shape index (κ2) is 9.20. The molecule has 0 radical (unpaired) electrons. The van der Waals surface area contributed by atoms with Crippen molar-refractivity contribution in [2.75, 3.05) is 44.7 Å². The summed E-state index contributed by atoms with van der Waals surface area (Å²) in [5.74, 6) is -0.582. The predicted octanol–water partition coefficient (Wildman–Crippen LogP) is 2.11. The molecule has 1 aromatic heterocycles. The summed E-state index contributed by atoms with van der Waals surface area (Å²) in [6.07, 6.45) is 1.60. The zero-order valence-corrected chi connectivity index (χ0v) is 20.1. The van der Waals surface area contributed by atoms with E-state index in [0.29, 0.717) is 37.6 Å². The number of benzene rings is 1. The number of amides is 1. The van der Waals surface area contributed by atoms with Crippen molar-refractivity contribution in [1.29, 1.82) is 0 Å². The summed E-state index contributed by atoms with van der Waals surface area (Å²) in [5.41, 5.74) is 0.988. The zero-order chi connectivity index (χ0) is 22.9. The van der Waals surface area contributed by atoms with Crippen molar-refractivity contribution in [2.45, 2.75) is 29.6 Å². The fraction of sp³-hybridized carbons (Fsp3) is 0.450. The summed E-state index contributed by atoms with van der Waals surface area (Å²) >= 11 is 1.04. The number of rotatable bonds is 6. The maximum atomic E-state index is 13.0. The fourth-order valence-corrected chi connectivity index (χ4v) is 7.99. The van der Waals surface area contributed by atoms with Crippen molar-refractivity contribution < 1.29 is 26.4 Å². The minimum absolute atomic E-state index is 0.0170. The van der Waals surface area contributed by atoms with Gasteiger partial charge in [-0.2, -0.15) is 8.61 Å². The Morgan fingerprint density at radius 3 is 2.31 bits per heavy atom. The molecule has 12 heteroatoms. The topological polar surface area (TPSA) is 113 Å². The molecule has 1 aromatic carbocycles. The average molecular weight is 500 g/mol. The number of hydrogen-bond acceptors (Lipinski definition) is 7. The molecule has 3 heterocycles. The Morgan fingerprint density at radius 2 is 1.62 bits per heavy atom. The molecule has 174 valence electrons. The number of anilines is 1. The number of thiophene rings is 1. The third kappa shape index (κ3) is 4.47. The lowest BCUT2D eigenvalue weighted by Crippen LogP contribution is -2.40. The van der Waals surface area contributed by atoms with Crippen molar-refractivity contribution >= 4 is 43.0 Å². The fourth-order valence-electron chi connectivity index (χ4n) is 3.75. The van der Waals surface area contributed by atoms with E-state index in [4.69, 9.17) is 4.74 Å². The lowest BCUT2D eigenvalue weighted by atomic mass is 10.2. The van der Waals surface area contributed by atoms with Gasteiger partial charge in [-0.15, -0.1) is 11.3 Å². The molecule has 0 atom stereocenters. The van der Waals surface area contributed by atoms with Gasteiger partial charge in [0.1, 0.15) is 9.77 Å². The van der Waals surface area contributed by atoms with E-state index < -0.39 is 26.0 Å². The molecule has 2 saturated heterocycles. The number of carbonyl (C=O) groups is 1. The molecule has 2 aliphatic heterocycles. The van der Waals surface area contributed by atoms with Crippen LogP contribution in [0.25, 0.3) is 0 Å². The largest absolute Gasteiger partial charge is 0.379 e. The Labute approximate surface area is 192 Å². The summed E-state index contributed by atoms with van der Waals surface area (Å²) in [7, 11) is -7.48. The summed E-state index contributed by atoms with van der Waals surface area (Å²) in [5, 5.41) is 4.29. The van der Waals surface area contributed by atoms with Crippen molar-refractivity contribution in [2.24, 2.45) is 0 Å². The van der Waals surface area contributed by atoms with Gasteiger partial charge in [0.25, 0.3) is 5.91 Å². The van der Waals surface area contributed by atoms with Crippen molar-refractivity contribution in [3.63, 3.8) is 0 Å². The van der Waals surface area contributed by atoms with Crippen LogP contribution >= 0.6 is 11.3 Å². The summed E-state index contributed by atoms with van der Waals surface area (Å²) in [6.45, 7) is 3.84. The van der Waals surface area contributed by atoms with Crippen LogP contribution in [0, 0.1) is 6.92 Å². The smallest absolute Gasteiger partial charge is 0.267 e. The third-order valence-corrected chi connectivity index (χ3v) is 10.5. The van der Waals surface area contributed by atoms with Crippen molar-refractivity contribution in [3.8, 4) is 0 Å². The van der Waals surface area contributed by atoms with Gasteiger partial charge in [0.05, 0.1) is 18.1 Å². The molecule has 4 rings (SSSR count). The minimum atomic E-state index is -3.75. The van der Waals surface area contributed by atoms with Gasteiger partial charge in [0.15, 0.2) is 0 Å². The maximum Gasteiger partial charge on any atom is 0.267 e. The quantitative estimate of drug-likeness (QED) is 0.651. The average Bonchev–Trinajstić information content (AvgIpc) is 3.49. The van der Waals surface area contributed by atoms with E-state index in [2.05, 4.69) is 5.32 Å². The molecular weight excluding hydrogens is 474 g/mol. The number of nitrogens with one attached hydrogen (secondary N) is 1. The van der Waals surface area contributed by atoms with E-state index in [1.54, 1.807) is 18.4 Å². The predicted molar refractivity (Wildman–Crippen MR) is 121 cm³/mol. The van der Waals surface area contributed by atoms with Crippen molar-refractivity contribution in [1.82, 2.24) is 8.61 Å². The van der Waals surface area contributed by atoms with Gasteiger partial charge in [-0.25, -0.2) is 16.8 Å². The second-order valence-electron chi connectivity index (χ2n) is 7.67. The Hall–Kier alpha value is -1.83. The van der Waals surface area contributed by atoms with Gasteiger partial charge in [-0.3, -0.25) is 4.79 Å². The highest BCUT2D eigenvalue weighted by Crippen LogP contribution is 2.29. The highest BCUT2D eigenvalue weighted by Gasteiger charge is 2.32. The van der Waals surface area contributed by atoms with E-state index in [-0.39, 0.29) is 27.8 Å². The normalized spacial score (nSPS) is 18.7. The summed E-state index contributed by atoms with van der Waals surface area (Å²) in [4.78, 5) is 13.1. The van der Waals surface area contributed by atoms with Gasteiger partial charge >= 0.3 is 0 Å². The molecule has 0 unspecified atom stereocenters. The number of ether oxygens (including phenoxy) is 1. The van der Waals surface area contributed by atoms with Crippen LogP contribution < -0.4 is 5.32 Å². The minimum Gasteiger partial charge on any atom is -0.379 e. The Kier molecular flexibility index (Phi) is 6.71. The lowest BCUT2D eigenvalue weighted by Gasteiger charge is -2.26. The van der Waals surface area contributed by atoms with Crippen LogP contribution in [0.5, 0.6) is 0 Å². The molecule has 2 aromatic rings. The molecule has 2 fully saturated rings. The monoisotopic (exact) mass is 499 g/mol. The SMILES string of the molecule is Cc1ccc(S(=O)(=O)N2CCOCC2)cc1NC(=O)c1sccc1S(=O)(=O)N1CCCC1. The molecule has 32 heavy (non-hydrogen) atoms. The van der Waals surface area contributed by atoms with Crippen LogP contribution in [0.4, 0.5) is 5.69 Å². The number of carbonyl (C=O) groups excluding carboxylic acids is 1. The van der Waals surface area contributed by atoms with E-state index in [0.717, 1.165) is 24.2 Å². The maximum absolute atomic E-state index is 13.0. The van der Waals surface area contributed by atoms with Gasteiger partial charge in [0, 0.05) is 31.9 Å². The second-order valence-corrected chi connectivity index (χ2v) is 12.4. The molecule has 9 nitrogen and oxygen atoms in total. The van der Waals surface area contributed by atoms with E-state index in [1.807, 2.05) is 0 Å². The number of hydrogen-bond donors (Lipinski definition) is 1. The standard InChI is InChI=1S/C20H25N3O6S3/c1-15-4-5-16(31(25,26)23-9-11-29-12-10-23)14-17(15)21-20(24)19-18(6-13-30-19)32(27,28)22-7-2-3-8-22/h4-6,13-14H,2-3,7-12H2,1H3,(H,21,24). The Bertz CT molecular complexity index is 1210. The summed E-state index contributed by atoms with van der Waals surface area (Å²) in [6, 6.07) is 5.99. The summed E-state index contributed by atoms with van der Waals surface area (Å²) < 4.78 is 59.8. The highest BCUT2D eigenvalue weighted by molar-refractivity contribution is 7.89. The highest BCUT2D eigenvalue weighted by atomic mass is 32.2. The number of morpholine rings is 1. The number of nitrogens with zero attached hydrogens (tertiary/aromatic N) is 2. The van der Waals surface area contributed by atoms with E-state index in [9.17, 15) is 21.6 Å². The van der Waals surface area contributed by atoms with Gasteiger partial charge in [0.2, 0.25) is 20.0 Å². The molecule has 2 aliphatic rings. The number of aryl methyl sites for hydroxylation is 1. The molecule has 0 bridgehead atoms. The third-order valence-electron chi connectivity index (χ3n) is 5.58. The molecule has 0 spiro atoms. The van der Waals surface area contributed by atoms with Crippen LogP contribution in [-0.4, -0.2) is 70.7 Å². The van der Waals surface area contributed by atoms with Crippen LogP contribution in [0.1, 0.15) is 28.1 Å². The van der Waals surface area contributed by atoms with Crippen LogP contribution in [0.15, 0.2) is 39.4 Å².